The molecule has 154 valence electrons. The highest BCUT2D eigenvalue weighted by atomic mass is 32.1. The molecule has 2 rings (SSSR count). The van der Waals surface area contributed by atoms with Crippen molar-refractivity contribution in [2.75, 3.05) is 18.5 Å². The third-order valence-electron chi connectivity index (χ3n) is 3.98. The summed E-state index contributed by atoms with van der Waals surface area (Å²) in [4.78, 5) is 47.9. The summed E-state index contributed by atoms with van der Waals surface area (Å²) in [6.45, 7) is 6.67. The zero-order chi connectivity index (χ0) is 21.7. The normalized spacial score (nSPS) is 10.3. The lowest BCUT2D eigenvalue weighted by molar-refractivity contribution is -0.385. The number of ether oxygens (including phenoxy) is 2. The fourth-order valence-electron chi connectivity index (χ4n) is 2.56. The van der Waals surface area contributed by atoms with E-state index >= 15 is 0 Å². The molecule has 1 heterocycles. The molecule has 0 fully saturated rings. The Morgan fingerprint density at radius 3 is 2.31 bits per heavy atom. The quantitative estimate of drug-likeness (QED) is 0.409. The molecule has 1 aromatic heterocycles. The SMILES string of the molecule is CCOC(=O)c1sc(NC(=O)c2ccc(C)c([N+](=O)[O-])c2)c(C(=O)OCC)c1C. The van der Waals surface area contributed by atoms with Gasteiger partial charge in [-0.2, -0.15) is 0 Å². The lowest BCUT2D eigenvalue weighted by Crippen LogP contribution is -2.15. The number of esters is 2. The highest BCUT2D eigenvalue weighted by molar-refractivity contribution is 7.18. The monoisotopic (exact) mass is 420 g/mol. The largest absolute Gasteiger partial charge is 0.462 e. The van der Waals surface area contributed by atoms with E-state index in [-0.39, 0.29) is 39.9 Å². The van der Waals surface area contributed by atoms with Gasteiger partial charge in [0.05, 0.1) is 23.7 Å². The molecule has 0 radical (unpaired) electrons. The summed E-state index contributed by atoms with van der Waals surface area (Å²) < 4.78 is 10.0. The van der Waals surface area contributed by atoms with Gasteiger partial charge in [-0.15, -0.1) is 11.3 Å². The number of benzene rings is 1. The number of nitro benzene ring substituents is 1. The Labute approximate surface area is 170 Å². The molecule has 29 heavy (non-hydrogen) atoms. The Morgan fingerprint density at radius 1 is 1.10 bits per heavy atom. The Kier molecular flexibility index (Phi) is 7.05. The van der Waals surface area contributed by atoms with Crippen LogP contribution in [0.5, 0.6) is 0 Å². The maximum atomic E-state index is 12.7. The van der Waals surface area contributed by atoms with Crippen molar-refractivity contribution in [1.29, 1.82) is 0 Å². The van der Waals surface area contributed by atoms with Crippen LogP contribution in [0.3, 0.4) is 0 Å². The standard InChI is InChI=1S/C19H20N2O7S/c1-5-27-18(23)14-11(4)15(19(24)28-6-2)29-17(14)20-16(22)12-8-7-10(3)13(9-12)21(25)26/h7-9H,5-6H2,1-4H3,(H,20,22). The van der Waals surface area contributed by atoms with E-state index in [0.717, 1.165) is 17.4 Å². The zero-order valence-electron chi connectivity index (χ0n) is 16.4. The van der Waals surface area contributed by atoms with Crippen LogP contribution >= 0.6 is 11.3 Å². The summed E-state index contributed by atoms with van der Waals surface area (Å²) in [7, 11) is 0. The van der Waals surface area contributed by atoms with Crippen molar-refractivity contribution in [2.45, 2.75) is 27.7 Å². The van der Waals surface area contributed by atoms with Gasteiger partial charge in [0, 0.05) is 17.2 Å². The molecule has 1 amide bonds. The summed E-state index contributed by atoms with van der Waals surface area (Å²) in [6, 6.07) is 4.05. The molecular formula is C19H20N2O7S. The number of aryl methyl sites for hydroxylation is 1. The third kappa shape index (κ3) is 4.77. The number of thiophene rings is 1. The minimum Gasteiger partial charge on any atom is -0.462 e. The van der Waals surface area contributed by atoms with Gasteiger partial charge in [-0.05, 0) is 39.3 Å². The molecule has 10 heteroatoms. The Balaban J connectivity index is 2.45. The van der Waals surface area contributed by atoms with E-state index in [9.17, 15) is 24.5 Å². The molecule has 0 aliphatic carbocycles. The number of anilines is 1. The van der Waals surface area contributed by atoms with Gasteiger partial charge in [0.15, 0.2) is 0 Å². The van der Waals surface area contributed by atoms with Crippen molar-refractivity contribution in [3.8, 4) is 0 Å². The maximum Gasteiger partial charge on any atom is 0.348 e. The highest BCUT2D eigenvalue weighted by Gasteiger charge is 2.28. The first-order valence-electron chi connectivity index (χ1n) is 8.75. The number of hydrogen-bond donors (Lipinski definition) is 1. The molecule has 0 aliphatic rings. The number of rotatable bonds is 7. The molecule has 0 saturated carbocycles. The van der Waals surface area contributed by atoms with Gasteiger partial charge in [-0.1, -0.05) is 6.07 Å². The molecule has 0 saturated heterocycles. The lowest BCUT2D eigenvalue weighted by atomic mass is 10.1. The number of amides is 1. The smallest absolute Gasteiger partial charge is 0.348 e. The minimum absolute atomic E-state index is 0.0425. The van der Waals surface area contributed by atoms with Gasteiger partial charge in [-0.3, -0.25) is 14.9 Å². The first-order valence-corrected chi connectivity index (χ1v) is 9.56. The lowest BCUT2D eigenvalue weighted by Gasteiger charge is -2.07. The summed E-state index contributed by atoms with van der Waals surface area (Å²) in [6.07, 6.45) is 0. The topological polar surface area (TPSA) is 125 Å². The van der Waals surface area contributed by atoms with Crippen molar-refractivity contribution < 1.29 is 28.8 Å². The molecule has 0 bridgehead atoms. The second kappa shape index (κ2) is 9.28. The van der Waals surface area contributed by atoms with Crippen LogP contribution in [0.4, 0.5) is 10.7 Å². The predicted octanol–water partition coefficient (Wildman–Crippen LogP) is 3.88. The highest BCUT2D eigenvalue weighted by Crippen LogP contribution is 2.35. The zero-order valence-corrected chi connectivity index (χ0v) is 17.2. The molecule has 0 atom stereocenters. The summed E-state index contributed by atoms with van der Waals surface area (Å²) >= 11 is 0.884. The van der Waals surface area contributed by atoms with Gasteiger partial charge in [-0.25, -0.2) is 9.59 Å². The number of nitrogens with zero attached hydrogens (tertiary/aromatic N) is 1. The molecule has 0 spiro atoms. The molecule has 0 unspecified atom stereocenters. The summed E-state index contributed by atoms with van der Waals surface area (Å²) in [5, 5.41) is 13.8. The summed E-state index contributed by atoms with van der Waals surface area (Å²) in [5.74, 6) is -1.97. The number of carbonyl (C=O) groups excluding carboxylic acids is 3. The van der Waals surface area contributed by atoms with Gasteiger partial charge >= 0.3 is 11.9 Å². The van der Waals surface area contributed by atoms with Gasteiger partial charge < -0.3 is 14.8 Å². The van der Waals surface area contributed by atoms with Gasteiger partial charge in [0.2, 0.25) is 0 Å². The van der Waals surface area contributed by atoms with E-state index in [1.807, 2.05) is 0 Å². The minimum atomic E-state index is -0.693. The second-order valence-corrected chi connectivity index (χ2v) is 6.93. The number of nitro groups is 1. The van der Waals surface area contributed by atoms with Crippen LogP contribution in [0.2, 0.25) is 0 Å². The fourth-order valence-corrected chi connectivity index (χ4v) is 3.65. The van der Waals surface area contributed by atoms with E-state index < -0.39 is 22.8 Å². The fraction of sp³-hybridized carbons (Fsp3) is 0.316. The van der Waals surface area contributed by atoms with Crippen LogP contribution in [0.25, 0.3) is 0 Å². The number of nitrogens with one attached hydrogen (secondary N) is 1. The van der Waals surface area contributed by atoms with Gasteiger partial charge in [0.25, 0.3) is 11.6 Å². The van der Waals surface area contributed by atoms with Crippen LogP contribution in [0.15, 0.2) is 18.2 Å². The van der Waals surface area contributed by atoms with Crippen LogP contribution in [0.1, 0.15) is 55.4 Å². The Bertz CT molecular complexity index is 981. The third-order valence-corrected chi connectivity index (χ3v) is 5.17. The van der Waals surface area contributed by atoms with Gasteiger partial charge in [0.1, 0.15) is 9.88 Å². The van der Waals surface area contributed by atoms with Crippen molar-refractivity contribution in [1.82, 2.24) is 0 Å². The van der Waals surface area contributed by atoms with Crippen LogP contribution in [-0.4, -0.2) is 36.0 Å². The molecule has 0 aliphatic heterocycles. The average molecular weight is 420 g/mol. The Hall–Kier alpha value is -3.27. The van der Waals surface area contributed by atoms with E-state index in [1.165, 1.54) is 12.1 Å². The molecule has 9 nitrogen and oxygen atoms in total. The molecular weight excluding hydrogens is 400 g/mol. The second-order valence-electron chi connectivity index (χ2n) is 5.91. The molecule has 1 aromatic carbocycles. The van der Waals surface area contributed by atoms with Crippen LogP contribution in [0, 0.1) is 24.0 Å². The van der Waals surface area contributed by atoms with E-state index in [4.69, 9.17) is 9.47 Å². The van der Waals surface area contributed by atoms with Crippen LogP contribution < -0.4 is 5.32 Å². The van der Waals surface area contributed by atoms with Crippen molar-refractivity contribution in [3.05, 3.63) is 55.4 Å². The van der Waals surface area contributed by atoms with Crippen LogP contribution in [-0.2, 0) is 9.47 Å². The van der Waals surface area contributed by atoms with E-state index in [2.05, 4.69) is 5.32 Å². The van der Waals surface area contributed by atoms with Crippen molar-refractivity contribution >= 4 is 39.9 Å². The number of hydrogen-bond acceptors (Lipinski definition) is 8. The number of carbonyl (C=O) groups is 3. The summed E-state index contributed by atoms with van der Waals surface area (Å²) in [5.41, 5.74) is 0.640. The van der Waals surface area contributed by atoms with Crippen molar-refractivity contribution in [2.24, 2.45) is 0 Å². The molecule has 2 aromatic rings. The Morgan fingerprint density at radius 2 is 1.72 bits per heavy atom. The van der Waals surface area contributed by atoms with E-state index in [1.54, 1.807) is 27.7 Å². The first-order chi connectivity index (χ1) is 13.7. The predicted molar refractivity (Wildman–Crippen MR) is 107 cm³/mol. The maximum absolute atomic E-state index is 12.7. The van der Waals surface area contributed by atoms with E-state index in [0.29, 0.717) is 11.1 Å². The first kappa shape index (κ1) is 22.0. The average Bonchev–Trinajstić information content (AvgIpc) is 2.98. The van der Waals surface area contributed by atoms with Crippen molar-refractivity contribution in [3.63, 3.8) is 0 Å². The molecule has 1 N–H and O–H groups in total.